The number of anilines is 1. The number of hydrogen-bond donors (Lipinski definition) is 1. The largest absolute Gasteiger partial charge is 0.449 e. The van der Waals surface area contributed by atoms with Gasteiger partial charge < -0.3 is 4.74 Å². The summed E-state index contributed by atoms with van der Waals surface area (Å²) in [4.78, 5) is 11.0. The molecule has 0 atom stereocenters. The molecule has 0 unspecified atom stereocenters. The van der Waals surface area contributed by atoms with E-state index in [1.54, 1.807) is 0 Å². The molecular formula is C7H11N3O2S. The number of rotatable bonds is 3. The number of amides is 1. The molecule has 1 aromatic heterocycles. The van der Waals surface area contributed by atoms with Crippen LogP contribution in [-0.4, -0.2) is 22.3 Å². The van der Waals surface area contributed by atoms with Crippen molar-refractivity contribution in [3.8, 4) is 0 Å². The number of nitrogens with one attached hydrogen (secondary N) is 1. The van der Waals surface area contributed by atoms with Crippen molar-refractivity contribution in [3.05, 3.63) is 6.20 Å². The van der Waals surface area contributed by atoms with Gasteiger partial charge in [-0.15, -0.1) is 5.10 Å². The van der Waals surface area contributed by atoms with Crippen molar-refractivity contribution in [2.45, 2.75) is 13.8 Å². The van der Waals surface area contributed by atoms with E-state index in [4.69, 9.17) is 4.74 Å². The summed E-state index contributed by atoms with van der Waals surface area (Å²) in [6.45, 7) is 4.36. The van der Waals surface area contributed by atoms with E-state index in [9.17, 15) is 4.79 Å². The minimum atomic E-state index is -0.459. The Morgan fingerprint density at radius 3 is 3.08 bits per heavy atom. The molecule has 0 spiro atoms. The average Bonchev–Trinajstić information content (AvgIpc) is 2.53. The number of carbonyl (C=O) groups is 1. The lowest BCUT2D eigenvalue weighted by Crippen LogP contribution is -2.15. The monoisotopic (exact) mass is 201 g/mol. The van der Waals surface area contributed by atoms with Crippen LogP contribution in [0.4, 0.5) is 9.80 Å². The van der Waals surface area contributed by atoms with E-state index in [-0.39, 0.29) is 0 Å². The van der Waals surface area contributed by atoms with Gasteiger partial charge in [0.15, 0.2) is 0 Å². The second-order valence-corrected chi connectivity index (χ2v) is 3.68. The van der Waals surface area contributed by atoms with Crippen molar-refractivity contribution in [1.82, 2.24) is 9.59 Å². The summed E-state index contributed by atoms with van der Waals surface area (Å²) in [5.74, 6) is 0.338. The van der Waals surface area contributed by atoms with Crippen LogP contribution < -0.4 is 5.32 Å². The molecule has 0 bridgehead atoms. The van der Waals surface area contributed by atoms with E-state index >= 15 is 0 Å². The molecule has 0 fully saturated rings. The van der Waals surface area contributed by atoms with Crippen LogP contribution in [0.5, 0.6) is 0 Å². The first kappa shape index (κ1) is 9.91. The van der Waals surface area contributed by atoms with Gasteiger partial charge in [-0.05, 0) is 5.92 Å². The molecule has 0 aliphatic rings. The molecule has 1 heterocycles. The first-order chi connectivity index (χ1) is 6.18. The minimum Gasteiger partial charge on any atom is -0.449 e. The van der Waals surface area contributed by atoms with Crippen LogP contribution in [0.1, 0.15) is 13.8 Å². The van der Waals surface area contributed by atoms with Gasteiger partial charge in [-0.3, -0.25) is 5.32 Å². The molecule has 5 nitrogen and oxygen atoms in total. The van der Waals surface area contributed by atoms with Crippen molar-refractivity contribution >= 4 is 22.6 Å². The molecule has 0 radical (unpaired) electrons. The van der Waals surface area contributed by atoms with Crippen LogP contribution >= 0.6 is 11.5 Å². The highest BCUT2D eigenvalue weighted by molar-refractivity contribution is 7.10. The quantitative estimate of drug-likeness (QED) is 0.809. The fourth-order valence-corrected chi connectivity index (χ4v) is 1.01. The van der Waals surface area contributed by atoms with Crippen LogP contribution in [0, 0.1) is 5.92 Å². The molecular weight excluding hydrogens is 190 g/mol. The summed E-state index contributed by atoms with van der Waals surface area (Å²) < 4.78 is 8.47. The van der Waals surface area contributed by atoms with Crippen molar-refractivity contribution in [3.63, 3.8) is 0 Å². The minimum absolute atomic E-state index is 0.338. The van der Waals surface area contributed by atoms with Gasteiger partial charge in [0.25, 0.3) is 0 Å². The molecule has 1 aromatic rings. The maximum absolute atomic E-state index is 11.0. The smallest absolute Gasteiger partial charge is 0.412 e. The van der Waals surface area contributed by atoms with Crippen LogP contribution in [0.15, 0.2) is 6.20 Å². The van der Waals surface area contributed by atoms with Crippen LogP contribution in [0.3, 0.4) is 0 Å². The highest BCUT2D eigenvalue weighted by Gasteiger charge is 2.05. The van der Waals surface area contributed by atoms with Crippen molar-refractivity contribution < 1.29 is 9.53 Å². The van der Waals surface area contributed by atoms with Crippen LogP contribution in [0.2, 0.25) is 0 Å². The Bertz CT molecular complexity index is 261. The van der Waals surface area contributed by atoms with Gasteiger partial charge in [0.2, 0.25) is 0 Å². The fraction of sp³-hybridized carbons (Fsp3) is 0.571. The number of nitrogens with zero attached hydrogens (tertiary/aromatic N) is 2. The van der Waals surface area contributed by atoms with E-state index in [0.717, 1.165) is 11.5 Å². The molecule has 1 N–H and O–H groups in total. The second kappa shape index (κ2) is 4.76. The number of carbonyl (C=O) groups excluding carboxylic acids is 1. The molecule has 1 amide bonds. The van der Waals surface area contributed by atoms with E-state index in [1.165, 1.54) is 6.20 Å². The Balaban J connectivity index is 2.26. The summed E-state index contributed by atoms with van der Waals surface area (Å²) in [5.41, 5.74) is 0. The highest BCUT2D eigenvalue weighted by atomic mass is 32.1. The number of aromatic nitrogens is 2. The molecule has 6 heteroatoms. The average molecular weight is 201 g/mol. The Morgan fingerprint density at radius 2 is 2.54 bits per heavy atom. The molecule has 0 aliphatic carbocycles. The lowest BCUT2D eigenvalue weighted by atomic mass is 10.2. The zero-order valence-corrected chi connectivity index (χ0v) is 8.30. The third-order valence-corrected chi connectivity index (χ3v) is 1.71. The summed E-state index contributed by atoms with van der Waals surface area (Å²) in [6, 6.07) is 0. The molecule has 0 aromatic carbocycles. The maximum Gasteiger partial charge on any atom is 0.412 e. The first-order valence-electron chi connectivity index (χ1n) is 3.89. The molecule has 0 aliphatic heterocycles. The third-order valence-electron chi connectivity index (χ3n) is 1.13. The SMILES string of the molecule is CC(C)COC(=O)Nc1cnns1. The Kier molecular flexibility index (Phi) is 3.63. The lowest BCUT2D eigenvalue weighted by Gasteiger charge is -2.06. The summed E-state index contributed by atoms with van der Waals surface area (Å²) in [7, 11) is 0. The van der Waals surface area contributed by atoms with Gasteiger partial charge in [0.05, 0.1) is 12.8 Å². The highest BCUT2D eigenvalue weighted by Crippen LogP contribution is 2.09. The maximum atomic E-state index is 11.0. The van der Waals surface area contributed by atoms with E-state index in [2.05, 4.69) is 14.9 Å². The van der Waals surface area contributed by atoms with Gasteiger partial charge in [0.1, 0.15) is 5.00 Å². The predicted octanol–water partition coefficient (Wildman–Crippen LogP) is 1.74. The fourth-order valence-electron chi connectivity index (χ4n) is 0.601. The first-order valence-corrected chi connectivity index (χ1v) is 4.67. The molecule has 0 saturated heterocycles. The zero-order chi connectivity index (χ0) is 9.68. The summed E-state index contributed by atoms with van der Waals surface area (Å²) in [6.07, 6.45) is 1.01. The van der Waals surface area contributed by atoms with Gasteiger partial charge in [-0.2, -0.15) is 0 Å². The van der Waals surface area contributed by atoms with Crippen LogP contribution in [-0.2, 0) is 4.74 Å². The number of ether oxygens (including phenoxy) is 1. The number of hydrogen-bond acceptors (Lipinski definition) is 5. The molecule has 13 heavy (non-hydrogen) atoms. The van der Waals surface area contributed by atoms with E-state index < -0.39 is 6.09 Å². The van der Waals surface area contributed by atoms with Crippen molar-refractivity contribution in [2.24, 2.45) is 5.92 Å². The van der Waals surface area contributed by atoms with Crippen molar-refractivity contribution in [1.29, 1.82) is 0 Å². The molecule has 0 saturated carbocycles. The summed E-state index contributed by atoms with van der Waals surface area (Å²) in [5, 5.41) is 6.67. The van der Waals surface area contributed by atoms with E-state index in [0.29, 0.717) is 17.5 Å². The standard InChI is InChI=1S/C7H11N3O2S/c1-5(2)4-12-7(11)9-6-3-8-10-13-6/h3,5H,4H2,1-2H3,(H,9,11). The molecule has 1 rings (SSSR count). The van der Waals surface area contributed by atoms with Gasteiger partial charge in [0, 0.05) is 11.5 Å². The third kappa shape index (κ3) is 3.84. The molecule has 72 valence electrons. The van der Waals surface area contributed by atoms with Gasteiger partial charge in [-0.1, -0.05) is 18.3 Å². The van der Waals surface area contributed by atoms with Gasteiger partial charge >= 0.3 is 6.09 Å². The van der Waals surface area contributed by atoms with Gasteiger partial charge in [-0.25, -0.2) is 4.79 Å². The Morgan fingerprint density at radius 1 is 1.77 bits per heavy atom. The predicted molar refractivity (Wildman–Crippen MR) is 49.7 cm³/mol. The zero-order valence-electron chi connectivity index (χ0n) is 7.48. The second-order valence-electron chi connectivity index (χ2n) is 2.90. The summed E-state index contributed by atoms with van der Waals surface area (Å²) >= 11 is 1.11. The normalized spacial score (nSPS) is 10.1. The lowest BCUT2D eigenvalue weighted by molar-refractivity contribution is 0.147. The Labute approximate surface area is 80.3 Å². The van der Waals surface area contributed by atoms with Crippen LogP contribution in [0.25, 0.3) is 0 Å². The van der Waals surface area contributed by atoms with E-state index in [1.807, 2.05) is 13.8 Å². The Hall–Kier alpha value is -1.17. The topological polar surface area (TPSA) is 64.1 Å². The van der Waals surface area contributed by atoms with Crippen molar-refractivity contribution in [2.75, 3.05) is 11.9 Å².